The van der Waals surface area contributed by atoms with Crippen molar-refractivity contribution < 1.29 is 14.6 Å². The molecule has 0 saturated carbocycles. The van der Waals surface area contributed by atoms with Crippen molar-refractivity contribution in [1.29, 1.82) is 0 Å². The van der Waals surface area contributed by atoms with Crippen LogP contribution in [0.2, 0.25) is 0 Å². The molecule has 0 aliphatic carbocycles. The summed E-state index contributed by atoms with van der Waals surface area (Å²) in [5.74, 6) is -0.726. The molecule has 2 aliphatic rings. The average Bonchev–Trinajstić information content (AvgIpc) is 3.46. The summed E-state index contributed by atoms with van der Waals surface area (Å²) in [5.41, 5.74) is 1.63. The summed E-state index contributed by atoms with van der Waals surface area (Å²) >= 11 is 0. The maximum absolute atomic E-state index is 14.2. The number of pyridine rings is 2. The normalized spacial score (nSPS) is 17.0. The fourth-order valence-electron chi connectivity index (χ4n) is 7.45. The van der Waals surface area contributed by atoms with Gasteiger partial charge < -0.3 is 14.4 Å². The van der Waals surface area contributed by atoms with Crippen LogP contribution in [0.5, 0.6) is 0 Å². The zero-order valence-corrected chi connectivity index (χ0v) is 25.7. The number of hydrogen-bond acceptors (Lipinski definition) is 5. The van der Waals surface area contributed by atoms with Gasteiger partial charge in [0.05, 0.1) is 29.0 Å². The van der Waals surface area contributed by atoms with E-state index in [9.17, 15) is 14.7 Å². The summed E-state index contributed by atoms with van der Waals surface area (Å²) in [6.45, 7) is 1.88. The number of fused-ring (bicyclic) bond motifs is 5. The molecule has 2 aliphatic heterocycles. The average molecular weight is 607 g/mol. The molecule has 0 unspecified atom stereocenters. The molecule has 0 bridgehead atoms. The molecule has 7 heteroatoms. The number of benzene rings is 4. The van der Waals surface area contributed by atoms with Crippen LogP contribution in [0.4, 0.5) is 0 Å². The van der Waals surface area contributed by atoms with Crippen molar-refractivity contribution in [3.63, 3.8) is 0 Å². The van der Waals surface area contributed by atoms with Crippen molar-refractivity contribution in [2.24, 2.45) is 0 Å². The van der Waals surface area contributed by atoms with E-state index in [2.05, 4.69) is 84.9 Å². The van der Waals surface area contributed by atoms with Crippen LogP contribution in [-0.4, -0.2) is 28.7 Å². The number of ether oxygens (including phenoxy) is 1. The van der Waals surface area contributed by atoms with Gasteiger partial charge in [0.2, 0.25) is 0 Å². The van der Waals surface area contributed by atoms with Crippen LogP contribution in [0.25, 0.3) is 22.3 Å². The topological polar surface area (TPSA) is 81.4 Å². The molecule has 4 aromatic carbocycles. The summed E-state index contributed by atoms with van der Waals surface area (Å²) in [6, 6.07) is 42.1. The zero-order valence-electron chi connectivity index (χ0n) is 24.7. The lowest BCUT2D eigenvalue weighted by Gasteiger charge is -2.36. The summed E-state index contributed by atoms with van der Waals surface area (Å²) in [7, 11) is -3.04. The zero-order chi connectivity index (χ0) is 30.8. The van der Waals surface area contributed by atoms with Crippen molar-refractivity contribution in [2.75, 3.05) is 0 Å². The fraction of sp³-hybridized carbons (Fsp3) is 0.132. The molecule has 0 saturated heterocycles. The highest BCUT2D eigenvalue weighted by molar-refractivity contribution is 7.21. The van der Waals surface area contributed by atoms with Gasteiger partial charge in [0.15, 0.2) is 13.7 Å². The first-order valence-corrected chi connectivity index (χ1v) is 17.2. The first-order valence-electron chi connectivity index (χ1n) is 15.2. The Morgan fingerprint density at radius 1 is 0.800 bits per heavy atom. The van der Waals surface area contributed by atoms with E-state index < -0.39 is 19.6 Å². The minimum absolute atomic E-state index is 0.0943. The number of para-hydroxylation sites is 1. The lowest BCUT2D eigenvalue weighted by molar-refractivity contribution is -0.172. The van der Waals surface area contributed by atoms with E-state index >= 15 is 0 Å². The Bertz CT molecular complexity index is 2090. The number of nitrogens with zero attached hydrogens (tertiary/aromatic N) is 2. The molecule has 1 N–H and O–H groups in total. The smallest absolute Gasteiger partial charge is 0.343 e. The third kappa shape index (κ3) is 3.81. The van der Waals surface area contributed by atoms with Crippen LogP contribution < -0.4 is 26.3 Å². The number of carbonyl (C=O) groups is 1. The van der Waals surface area contributed by atoms with Crippen LogP contribution in [0.15, 0.2) is 126 Å². The van der Waals surface area contributed by atoms with Crippen LogP contribution >= 0.6 is 0 Å². The van der Waals surface area contributed by atoms with E-state index in [1.807, 2.05) is 30.3 Å². The number of carbonyl (C=O) groups excluding carboxylic acids is 1. The Morgan fingerprint density at radius 3 is 1.93 bits per heavy atom. The Kier molecular flexibility index (Phi) is 6.23. The van der Waals surface area contributed by atoms with Gasteiger partial charge in [-0.1, -0.05) is 116 Å². The molecule has 8 rings (SSSR count). The van der Waals surface area contributed by atoms with E-state index in [0.29, 0.717) is 29.1 Å². The molecule has 45 heavy (non-hydrogen) atoms. The molecule has 4 heterocycles. The van der Waals surface area contributed by atoms with Crippen LogP contribution in [0, 0.1) is 0 Å². The molecule has 0 spiro atoms. The van der Waals surface area contributed by atoms with Crippen LogP contribution in [0.1, 0.15) is 30.0 Å². The Balaban J connectivity index is 1.54. The molecule has 2 aromatic heterocycles. The number of hydrogen-bond donors (Lipinski definition) is 1. The number of aromatic nitrogens is 2. The van der Waals surface area contributed by atoms with Crippen molar-refractivity contribution >= 4 is 45.7 Å². The minimum Gasteiger partial charge on any atom is -0.458 e. The third-order valence-corrected chi connectivity index (χ3v) is 14.5. The largest absolute Gasteiger partial charge is 0.458 e. The van der Waals surface area contributed by atoms with E-state index in [1.165, 1.54) is 20.7 Å². The van der Waals surface area contributed by atoms with Crippen molar-refractivity contribution in [2.45, 2.75) is 32.1 Å². The van der Waals surface area contributed by atoms with Gasteiger partial charge in [-0.25, -0.2) is 9.78 Å². The summed E-state index contributed by atoms with van der Waals surface area (Å²) in [5, 5.41) is 17.4. The summed E-state index contributed by atoms with van der Waals surface area (Å²) in [6.07, 6.45) is 0.0943. The summed E-state index contributed by atoms with van der Waals surface area (Å²) in [4.78, 5) is 32.2. The quantitative estimate of drug-likeness (QED) is 0.185. The standard InChI is InChI=1S/C38H30N2O4Si/c1-2-38(43)31-22-33-34-29(23-40(33)36(41)30(31)24-44-37(38)42)35(28-20-12-13-21-32(28)39-34)45(25-14-6-3-7-15-25,26-16-8-4-9-17-26)27-18-10-5-11-19-27/h3-22,43H,2,23-24H2,1H3/t38-/m0/s1. The molecule has 6 aromatic rings. The number of esters is 1. The highest BCUT2D eigenvalue weighted by Gasteiger charge is 2.48. The van der Waals surface area contributed by atoms with Crippen molar-refractivity contribution in [3.8, 4) is 11.4 Å². The molecular formula is C38H30N2O4Si. The molecule has 0 fully saturated rings. The highest BCUT2D eigenvalue weighted by Crippen LogP contribution is 2.39. The van der Waals surface area contributed by atoms with E-state index in [-0.39, 0.29) is 18.6 Å². The van der Waals surface area contributed by atoms with Gasteiger partial charge in [0.1, 0.15) is 6.61 Å². The van der Waals surface area contributed by atoms with Crippen molar-refractivity contribution in [1.82, 2.24) is 9.55 Å². The number of rotatable bonds is 5. The number of cyclic esters (lactones) is 1. The predicted octanol–water partition coefficient (Wildman–Crippen LogP) is 3.46. The minimum atomic E-state index is -3.04. The lowest BCUT2D eigenvalue weighted by atomic mass is 9.86. The van der Waals surface area contributed by atoms with Crippen molar-refractivity contribution in [3.05, 3.63) is 148 Å². The molecular weight excluding hydrogens is 577 g/mol. The third-order valence-electron chi connectivity index (χ3n) is 9.59. The van der Waals surface area contributed by atoms with Gasteiger partial charge in [-0.2, -0.15) is 0 Å². The van der Waals surface area contributed by atoms with Crippen LogP contribution in [-0.2, 0) is 28.3 Å². The van der Waals surface area contributed by atoms with Gasteiger partial charge >= 0.3 is 5.97 Å². The molecule has 0 radical (unpaired) electrons. The Morgan fingerprint density at radius 2 is 1.36 bits per heavy atom. The van der Waals surface area contributed by atoms with Gasteiger partial charge in [-0.05, 0) is 39.3 Å². The molecule has 0 amide bonds. The van der Waals surface area contributed by atoms with Gasteiger partial charge in [0.25, 0.3) is 5.56 Å². The van der Waals surface area contributed by atoms with Gasteiger partial charge in [-0.3, -0.25) is 4.79 Å². The molecule has 220 valence electrons. The fourth-order valence-corrected chi connectivity index (χ4v) is 12.7. The van der Waals surface area contributed by atoms with Crippen LogP contribution in [0.3, 0.4) is 0 Å². The maximum atomic E-state index is 14.2. The van der Waals surface area contributed by atoms with E-state index in [0.717, 1.165) is 16.5 Å². The number of aliphatic hydroxyl groups is 1. The molecule has 1 atom stereocenters. The molecule has 6 nitrogen and oxygen atoms in total. The van der Waals surface area contributed by atoms with E-state index in [4.69, 9.17) is 9.72 Å². The van der Waals surface area contributed by atoms with Gasteiger partial charge in [-0.15, -0.1) is 0 Å². The Labute approximate surface area is 261 Å². The second kappa shape index (κ2) is 10.2. The maximum Gasteiger partial charge on any atom is 0.343 e. The SMILES string of the molecule is CC[C@@]1(O)C(=O)OCc2c1cc1n(c2=O)Cc2c-1nc1ccccc1c2[Si](c1ccccc1)(c1ccccc1)c1ccccc1. The second-order valence-corrected chi connectivity index (χ2v) is 15.5. The first kappa shape index (κ1) is 27.4. The highest BCUT2D eigenvalue weighted by atomic mass is 28.3. The first-order chi connectivity index (χ1) is 22.0. The predicted molar refractivity (Wildman–Crippen MR) is 178 cm³/mol. The van der Waals surface area contributed by atoms with E-state index in [1.54, 1.807) is 17.6 Å². The Hall–Kier alpha value is -5.11. The lowest BCUT2D eigenvalue weighted by Crippen LogP contribution is -2.75. The van der Waals surface area contributed by atoms with Gasteiger partial charge in [0, 0.05) is 16.5 Å². The summed E-state index contributed by atoms with van der Waals surface area (Å²) < 4.78 is 7.08. The monoisotopic (exact) mass is 606 g/mol. The second-order valence-electron chi connectivity index (χ2n) is 11.8.